The predicted molar refractivity (Wildman–Crippen MR) is 50.1 cm³/mol. The van der Waals surface area contributed by atoms with Crippen LogP contribution in [0.1, 0.15) is 27.7 Å². The van der Waals surface area contributed by atoms with Gasteiger partial charge in [-0.1, -0.05) is 27.7 Å². The second-order valence-corrected chi connectivity index (χ2v) is 4.61. The fraction of sp³-hybridized carbons (Fsp3) is 0.889. The van der Waals surface area contributed by atoms with Crippen LogP contribution < -0.4 is 10.6 Å². The lowest BCUT2D eigenvalue weighted by Crippen LogP contribution is -2.70. The van der Waals surface area contributed by atoms with Gasteiger partial charge in [0, 0.05) is 17.9 Å². The van der Waals surface area contributed by atoms with E-state index in [0.717, 1.165) is 0 Å². The maximum atomic E-state index is 11.1. The molecular weight excluding hydrogens is 168 g/mol. The molecule has 1 aliphatic heterocycles. The first-order valence-electron chi connectivity index (χ1n) is 4.58. The summed E-state index contributed by atoms with van der Waals surface area (Å²) >= 11 is 0. The minimum absolute atomic E-state index is 0.00597. The van der Waals surface area contributed by atoms with E-state index < -0.39 is 5.72 Å². The average molecular weight is 186 g/mol. The van der Waals surface area contributed by atoms with Crippen molar-refractivity contribution in [1.82, 2.24) is 10.6 Å². The van der Waals surface area contributed by atoms with E-state index >= 15 is 0 Å². The molecule has 1 saturated heterocycles. The van der Waals surface area contributed by atoms with Crippen molar-refractivity contribution in [3.63, 3.8) is 0 Å². The molecule has 0 aliphatic carbocycles. The summed E-state index contributed by atoms with van der Waals surface area (Å²) in [6, 6.07) is -0.296. The number of hydrogen-bond acceptors (Lipinski definition) is 2. The molecule has 76 valence electrons. The predicted octanol–water partition coefficient (Wildman–Crippen LogP) is 0.670. The highest BCUT2D eigenvalue weighted by molar-refractivity contribution is 5.75. The molecule has 0 aromatic heterocycles. The minimum atomic E-state index is -1.12. The fourth-order valence-electron chi connectivity index (χ4n) is 1.75. The second-order valence-electron chi connectivity index (χ2n) is 4.61. The molecule has 4 heteroatoms. The number of urea groups is 1. The van der Waals surface area contributed by atoms with Gasteiger partial charge in [0.25, 0.3) is 0 Å². The van der Waals surface area contributed by atoms with Gasteiger partial charge in [0.05, 0.1) is 0 Å². The molecule has 1 atom stereocenters. The Morgan fingerprint density at radius 2 is 2.00 bits per heavy atom. The first-order valence-corrected chi connectivity index (χ1v) is 4.58. The van der Waals surface area contributed by atoms with E-state index in [1.807, 2.05) is 27.7 Å². The Morgan fingerprint density at radius 3 is 2.38 bits per heavy atom. The number of hydrogen-bond donors (Lipinski definition) is 3. The summed E-state index contributed by atoms with van der Waals surface area (Å²) in [5.41, 5.74) is -1.47. The lowest BCUT2D eigenvalue weighted by atomic mass is 9.73. The molecule has 13 heavy (non-hydrogen) atoms. The number of carbonyl (C=O) groups is 1. The van der Waals surface area contributed by atoms with Crippen LogP contribution in [0.3, 0.4) is 0 Å². The van der Waals surface area contributed by atoms with Gasteiger partial charge in [-0.3, -0.25) is 0 Å². The molecule has 1 fully saturated rings. The summed E-state index contributed by atoms with van der Waals surface area (Å²) in [5.74, 6) is -0.00597. The Morgan fingerprint density at radius 1 is 1.46 bits per heavy atom. The Kier molecular flexibility index (Phi) is 2.28. The van der Waals surface area contributed by atoms with E-state index in [4.69, 9.17) is 0 Å². The van der Waals surface area contributed by atoms with Crippen molar-refractivity contribution >= 4 is 6.03 Å². The molecule has 3 N–H and O–H groups in total. The smallest absolute Gasteiger partial charge is 0.317 e. The van der Waals surface area contributed by atoms with Crippen molar-refractivity contribution in [3.05, 3.63) is 0 Å². The number of carbonyl (C=O) groups excluding carboxylic acids is 1. The third-order valence-electron chi connectivity index (χ3n) is 2.86. The SMILES string of the molecule is CC(C)C1(O)NC(=O)NCC1(C)C. The molecule has 1 rings (SSSR count). The standard InChI is InChI=1S/C9H18N2O2/c1-6(2)9(13)8(3,4)5-10-7(12)11-9/h6,13H,5H2,1-4H3,(H2,10,11,12). The normalized spacial score (nSPS) is 32.6. The second kappa shape index (κ2) is 2.87. The van der Waals surface area contributed by atoms with Crippen LogP contribution >= 0.6 is 0 Å². The molecule has 4 nitrogen and oxygen atoms in total. The Hall–Kier alpha value is -0.770. The van der Waals surface area contributed by atoms with E-state index in [1.165, 1.54) is 0 Å². The number of amides is 2. The van der Waals surface area contributed by atoms with Crippen molar-refractivity contribution in [2.45, 2.75) is 33.4 Å². The highest BCUT2D eigenvalue weighted by atomic mass is 16.3. The number of rotatable bonds is 1. The van der Waals surface area contributed by atoms with E-state index in [1.54, 1.807) is 0 Å². The number of nitrogens with one attached hydrogen (secondary N) is 2. The monoisotopic (exact) mass is 186 g/mol. The van der Waals surface area contributed by atoms with Crippen molar-refractivity contribution in [3.8, 4) is 0 Å². The molecule has 0 aromatic rings. The van der Waals surface area contributed by atoms with Gasteiger partial charge in [0.15, 0.2) is 0 Å². The van der Waals surface area contributed by atoms with Crippen LogP contribution in [0, 0.1) is 11.3 Å². The molecule has 1 aliphatic rings. The van der Waals surface area contributed by atoms with Crippen molar-refractivity contribution in [2.24, 2.45) is 11.3 Å². The lowest BCUT2D eigenvalue weighted by molar-refractivity contribution is -0.126. The van der Waals surface area contributed by atoms with E-state index in [2.05, 4.69) is 10.6 Å². The summed E-state index contributed by atoms with van der Waals surface area (Å²) in [5, 5.41) is 15.5. The minimum Gasteiger partial charge on any atom is -0.370 e. The van der Waals surface area contributed by atoms with Gasteiger partial charge in [0.2, 0.25) is 0 Å². The summed E-state index contributed by atoms with van der Waals surface area (Å²) in [6.45, 7) is 8.15. The highest BCUT2D eigenvalue weighted by Gasteiger charge is 2.49. The van der Waals surface area contributed by atoms with Gasteiger partial charge < -0.3 is 15.7 Å². The molecular formula is C9H18N2O2. The zero-order valence-electron chi connectivity index (χ0n) is 8.64. The van der Waals surface area contributed by atoms with Gasteiger partial charge in [-0.15, -0.1) is 0 Å². The third kappa shape index (κ3) is 1.50. The van der Waals surface area contributed by atoms with E-state index in [-0.39, 0.29) is 17.4 Å². The summed E-state index contributed by atoms with van der Waals surface area (Å²) in [6.07, 6.45) is 0. The molecule has 0 radical (unpaired) electrons. The Bertz CT molecular complexity index is 226. The van der Waals surface area contributed by atoms with Crippen LogP contribution in [0.5, 0.6) is 0 Å². The zero-order valence-corrected chi connectivity index (χ0v) is 8.64. The van der Waals surface area contributed by atoms with Crippen LogP contribution in [0.25, 0.3) is 0 Å². The molecule has 1 heterocycles. The topological polar surface area (TPSA) is 61.4 Å². The van der Waals surface area contributed by atoms with Crippen LogP contribution in [-0.2, 0) is 0 Å². The average Bonchev–Trinajstić information content (AvgIpc) is 1.98. The summed E-state index contributed by atoms with van der Waals surface area (Å²) in [4.78, 5) is 11.1. The van der Waals surface area contributed by atoms with Crippen molar-refractivity contribution in [1.29, 1.82) is 0 Å². The zero-order chi connectivity index (χ0) is 10.3. The quantitative estimate of drug-likeness (QED) is 0.563. The number of aliphatic hydroxyl groups is 1. The van der Waals surface area contributed by atoms with Gasteiger partial charge in [0.1, 0.15) is 5.72 Å². The van der Waals surface area contributed by atoms with Gasteiger partial charge in [-0.2, -0.15) is 0 Å². The molecule has 0 bridgehead atoms. The molecule has 0 spiro atoms. The maximum Gasteiger partial charge on any atom is 0.317 e. The van der Waals surface area contributed by atoms with Gasteiger partial charge in [-0.05, 0) is 0 Å². The maximum absolute atomic E-state index is 11.1. The van der Waals surface area contributed by atoms with Crippen molar-refractivity contribution < 1.29 is 9.90 Å². The highest BCUT2D eigenvalue weighted by Crippen LogP contribution is 2.35. The van der Waals surface area contributed by atoms with Gasteiger partial charge in [-0.25, -0.2) is 4.79 Å². The largest absolute Gasteiger partial charge is 0.370 e. The van der Waals surface area contributed by atoms with E-state index in [9.17, 15) is 9.90 Å². The molecule has 2 amide bonds. The van der Waals surface area contributed by atoms with Crippen LogP contribution in [0.15, 0.2) is 0 Å². The van der Waals surface area contributed by atoms with Gasteiger partial charge >= 0.3 is 6.03 Å². The van der Waals surface area contributed by atoms with Crippen molar-refractivity contribution in [2.75, 3.05) is 6.54 Å². The first kappa shape index (κ1) is 10.3. The third-order valence-corrected chi connectivity index (χ3v) is 2.86. The van der Waals surface area contributed by atoms with Crippen LogP contribution in [0.2, 0.25) is 0 Å². The van der Waals surface area contributed by atoms with E-state index in [0.29, 0.717) is 6.54 Å². The summed E-state index contributed by atoms with van der Waals surface area (Å²) in [7, 11) is 0. The van der Waals surface area contributed by atoms with Crippen LogP contribution in [0.4, 0.5) is 4.79 Å². The fourth-order valence-corrected chi connectivity index (χ4v) is 1.75. The Balaban J connectivity index is 2.95. The molecule has 1 unspecified atom stereocenters. The molecule has 0 aromatic carbocycles. The Labute approximate surface area is 78.7 Å². The first-order chi connectivity index (χ1) is 5.79. The molecule has 0 saturated carbocycles. The lowest BCUT2D eigenvalue weighted by Gasteiger charge is -2.49. The van der Waals surface area contributed by atoms with Crippen LogP contribution in [-0.4, -0.2) is 23.4 Å². The summed E-state index contributed by atoms with van der Waals surface area (Å²) < 4.78 is 0.